The molecule has 0 radical (unpaired) electrons. The van der Waals surface area contributed by atoms with Crippen LogP contribution < -0.4 is 5.73 Å². The molecule has 0 spiro atoms. The molecule has 0 aliphatic heterocycles. The Morgan fingerprint density at radius 1 is 1.00 bits per heavy atom. The van der Waals surface area contributed by atoms with Crippen molar-refractivity contribution in [3.05, 3.63) is 68.4 Å². The van der Waals surface area contributed by atoms with Crippen molar-refractivity contribution in [3.63, 3.8) is 0 Å². The van der Waals surface area contributed by atoms with Crippen LogP contribution in [0.25, 0.3) is 0 Å². The summed E-state index contributed by atoms with van der Waals surface area (Å²) >= 11 is 3.48. The summed E-state index contributed by atoms with van der Waals surface area (Å²) in [5, 5.41) is 0. The average Bonchev–Trinajstić information content (AvgIpc) is 2.31. The van der Waals surface area contributed by atoms with E-state index in [0.29, 0.717) is 0 Å². The molecule has 19 heavy (non-hydrogen) atoms. The van der Waals surface area contributed by atoms with Crippen molar-refractivity contribution < 1.29 is 4.39 Å². The normalized spacial score (nSPS) is 12.5. The van der Waals surface area contributed by atoms with E-state index in [-0.39, 0.29) is 11.9 Å². The molecule has 3 heteroatoms. The number of aryl methyl sites for hydroxylation is 3. The van der Waals surface area contributed by atoms with E-state index in [0.717, 1.165) is 32.3 Å². The predicted octanol–water partition coefficient (Wildman–Crippen LogP) is 4.56. The molecule has 0 saturated carbocycles. The lowest BCUT2D eigenvalue weighted by Crippen LogP contribution is -2.15. The van der Waals surface area contributed by atoms with E-state index in [9.17, 15) is 4.39 Å². The Morgan fingerprint density at radius 3 is 2.11 bits per heavy atom. The molecule has 100 valence electrons. The van der Waals surface area contributed by atoms with Crippen molar-refractivity contribution in [2.45, 2.75) is 26.8 Å². The molecule has 0 aliphatic carbocycles. The van der Waals surface area contributed by atoms with Gasteiger partial charge in [0.1, 0.15) is 5.82 Å². The highest BCUT2D eigenvalue weighted by Crippen LogP contribution is 2.28. The largest absolute Gasteiger partial charge is 0.320 e. The Morgan fingerprint density at radius 2 is 1.58 bits per heavy atom. The Labute approximate surface area is 121 Å². The van der Waals surface area contributed by atoms with Gasteiger partial charge in [0.05, 0.1) is 6.04 Å². The summed E-state index contributed by atoms with van der Waals surface area (Å²) < 4.78 is 14.4. The first-order chi connectivity index (χ1) is 8.90. The lowest BCUT2D eigenvalue weighted by molar-refractivity contribution is 0.623. The number of halogens is 2. The molecule has 0 bridgehead atoms. The summed E-state index contributed by atoms with van der Waals surface area (Å²) in [6.45, 7) is 5.83. The third-order valence-electron chi connectivity index (χ3n) is 3.41. The summed E-state index contributed by atoms with van der Waals surface area (Å²) in [7, 11) is 0. The highest BCUT2D eigenvalue weighted by molar-refractivity contribution is 9.10. The average molecular weight is 322 g/mol. The quantitative estimate of drug-likeness (QED) is 0.862. The third kappa shape index (κ3) is 2.88. The van der Waals surface area contributed by atoms with Gasteiger partial charge in [0, 0.05) is 4.47 Å². The van der Waals surface area contributed by atoms with E-state index >= 15 is 0 Å². The predicted molar refractivity (Wildman–Crippen MR) is 80.8 cm³/mol. The number of rotatable bonds is 2. The Bertz CT molecular complexity index is 599. The fourth-order valence-corrected chi connectivity index (χ4v) is 2.69. The summed E-state index contributed by atoms with van der Waals surface area (Å²) in [6, 6.07) is 8.91. The van der Waals surface area contributed by atoms with E-state index in [1.54, 1.807) is 0 Å². The molecule has 0 fully saturated rings. The molecule has 1 nitrogen and oxygen atoms in total. The minimum Gasteiger partial charge on any atom is -0.320 e. The number of nitrogens with two attached hydrogens (primary N) is 1. The molecule has 0 amide bonds. The van der Waals surface area contributed by atoms with Crippen molar-refractivity contribution in [3.8, 4) is 0 Å². The first kappa shape index (κ1) is 14.2. The molecule has 1 unspecified atom stereocenters. The molecule has 0 heterocycles. The fourth-order valence-electron chi connectivity index (χ4n) is 2.44. The Hall–Kier alpha value is -1.19. The van der Waals surface area contributed by atoms with E-state index in [1.165, 1.54) is 12.1 Å². The van der Waals surface area contributed by atoms with Gasteiger partial charge in [-0.1, -0.05) is 28.1 Å². The van der Waals surface area contributed by atoms with E-state index in [2.05, 4.69) is 22.0 Å². The third-order valence-corrected chi connectivity index (χ3v) is 4.30. The highest BCUT2D eigenvalue weighted by atomic mass is 79.9. The van der Waals surface area contributed by atoms with Crippen LogP contribution in [0.1, 0.15) is 33.9 Å². The van der Waals surface area contributed by atoms with Crippen LogP contribution in [0.15, 0.2) is 34.8 Å². The van der Waals surface area contributed by atoms with Crippen molar-refractivity contribution in [1.29, 1.82) is 0 Å². The monoisotopic (exact) mass is 321 g/mol. The second kappa shape index (κ2) is 5.43. The van der Waals surface area contributed by atoms with Gasteiger partial charge in [0.2, 0.25) is 0 Å². The zero-order valence-electron chi connectivity index (χ0n) is 11.3. The first-order valence-electron chi connectivity index (χ1n) is 6.18. The van der Waals surface area contributed by atoms with Crippen LogP contribution in [0.4, 0.5) is 4.39 Å². The Kier molecular flexibility index (Phi) is 4.07. The summed E-state index contributed by atoms with van der Waals surface area (Å²) in [5.41, 5.74) is 11.3. The molecule has 2 N–H and O–H groups in total. The van der Waals surface area contributed by atoms with Gasteiger partial charge in [-0.15, -0.1) is 0 Å². The van der Waals surface area contributed by atoms with Gasteiger partial charge in [-0.05, 0) is 66.8 Å². The smallest absolute Gasteiger partial charge is 0.123 e. The van der Waals surface area contributed by atoms with E-state index < -0.39 is 0 Å². The summed E-state index contributed by atoms with van der Waals surface area (Å²) in [6.07, 6.45) is 0. The second-order valence-corrected chi connectivity index (χ2v) is 5.79. The molecule has 2 rings (SSSR count). The Balaban J connectivity index is 2.49. The fraction of sp³-hybridized carbons (Fsp3) is 0.250. The maximum Gasteiger partial charge on any atom is 0.123 e. The van der Waals surface area contributed by atoms with Crippen molar-refractivity contribution in [2.75, 3.05) is 0 Å². The number of benzene rings is 2. The maximum atomic E-state index is 13.3. The van der Waals surface area contributed by atoms with Gasteiger partial charge in [-0.3, -0.25) is 0 Å². The minimum atomic E-state index is -0.229. The van der Waals surface area contributed by atoms with Crippen molar-refractivity contribution in [2.24, 2.45) is 5.73 Å². The second-order valence-electron chi connectivity index (χ2n) is 4.94. The van der Waals surface area contributed by atoms with Gasteiger partial charge < -0.3 is 5.73 Å². The minimum absolute atomic E-state index is 0.210. The van der Waals surface area contributed by atoms with Crippen LogP contribution in [-0.4, -0.2) is 0 Å². The van der Waals surface area contributed by atoms with Crippen LogP contribution in [0.5, 0.6) is 0 Å². The van der Waals surface area contributed by atoms with Gasteiger partial charge in [-0.25, -0.2) is 4.39 Å². The summed E-state index contributed by atoms with van der Waals surface area (Å²) in [4.78, 5) is 0. The van der Waals surface area contributed by atoms with Crippen molar-refractivity contribution in [1.82, 2.24) is 0 Å². The van der Waals surface area contributed by atoms with Crippen LogP contribution >= 0.6 is 15.9 Å². The topological polar surface area (TPSA) is 26.0 Å². The first-order valence-corrected chi connectivity index (χ1v) is 6.97. The van der Waals surface area contributed by atoms with Crippen LogP contribution in [-0.2, 0) is 0 Å². The van der Waals surface area contributed by atoms with Gasteiger partial charge in [0.15, 0.2) is 0 Å². The maximum absolute atomic E-state index is 13.3. The van der Waals surface area contributed by atoms with Gasteiger partial charge in [-0.2, -0.15) is 0 Å². The lowest BCUT2D eigenvalue weighted by Gasteiger charge is -2.19. The molecule has 1 atom stereocenters. The number of hydrogen-bond acceptors (Lipinski definition) is 1. The molecule has 0 aromatic heterocycles. The number of hydrogen-bond donors (Lipinski definition) is 1. The SMILES string of the molecule is Cc1cc(C(N)c2c(C)cc(F)cc2C)ccc1Br. The molecule has 2 aromatic carbocycles. The van der Waals surface area contributed by atoms with E-state index in [1.807, 2.05) is 32.9 Å². The van der Waals surface area contributed by atoms with Crippen LogP contribution in [0.3, 0.4) is 0 Å². The molecule has 0 aliphatic rings. The zero-order chi connectivity index (χ0) is 14.2. The van der Waals surface area contributed by atoms with Crippen molar-refractivity contribution >= 4 is 15.9 Å². The van der Waals surface area contributed by atoms with E-state index in [4.69, 9.17) is 5.73 Å². The summed E-state index contributed by atoms with van der Waals surface area (Å²) in [5.74, 6) is -0.210. The van der Waals surface area contributed by atoms with Gasteiger partial charge in [0.25, 0.3) is 0 Å². The standard InChI is InChI=1S/C16H17BrFN/c1-9-6-12(4-5-14(9)17)16(19)15-10(2)7-13(18)8-11(15)3/h4-8,16H,19H2,1-3H3. The van der Waals surface area contributed by atoms with Crippen LogP contribution in [0, 0.1) is 26.6 Å². The lowest BCUT2D eigenvalue weighted by atomic mass is 9.91. The molecular formula is C16H17BrFN. The molecular weight excluding hydrogens is 305 g/mol. The molecule has 0 saturated heterocycles. The van der Waals surface area contributed by atoms with Gasteiger partial charge >= 0.3 is 0 Å². The zero-order valence-corrected chi connectivity index (χ0v) is 12.9. The molecule has 2 aromatic rings. The van der Waals surface area contributed by atoms with Crippen LogP contribution in [0.2, 0.25) is 0 Å². The highest BCUT2D eigenvalue weighted by Gasteiger charge is 2.15.